The van der Waals surface area contributed by atoms with Crippen LogP contribution in [0.3, 0.4) is 0 Å². The first-order chi connectivity index (χ1) is 9.19. The quantitative estimate of drug-likeness (QED) is 0.791. The first kappa shape index (κ1) is 14.6. The van der Waals surface area contributed by atoms with Crippen molar-refractivity contribution in [2.45, 2.75) is 36.9 Å². The van der Waals surface area contributed by atoms with Crippen LogP contribution in [0.5, 0.6) is 0 Å². The van der Waals surface area contributed by atoms with Gasteiger partial charge in [0.15, 0.2) is 0 Å². The normalized spacial score (nSPS) is 10.9. The number of rotatable bonds is 6. The fraction of sp³-hybridized carbons (Fsp3) is 0.357. The molecule has 0 atom stereocenters. The van der Waals surface area contributed by atoms with E-state index in [0.717, 1.165) is 34.6 Å². The Bertz CT molecular complexity index is 542. The molecule has 0 saturated heterocycles. The highest BCUT2D eigenvalue weighted by Gasteiger charge is 2.06. The molecule has 1 aromatic heterocycles. The predicted molar refractivity (Wildman–Crippen MR) is 81.5 cm³/mol. The number of aromatic nitrogens is 1. The topological polar surface area (TPSA) is 38.1 Å². The van der Waals surface area contributed by atoms with Crippen molar-refractivity contribution in [3.63, 3.8) is 0 Å². The third-order valence-corrected chi connectivity index (χ3v) is 4.16. The molecule has 1 N–H and O–H groups in total. The molecule has 0 unspecified atom stereocenters. The zero-order valence-electron chi connectivity index (χ0n) is 11.1. The lowest BCUT2D eigenvalue weighted by Gasteiger charge is -2.07. The zero-order valence-corrected chi connectivity index (χ0v) is 13.5. The minimum absolute atomic E-state index is 0.682. The van der Waals surface area contributed by atoms with E-state index in [2.05, 4.69) is 51.4 Å². The number of halogens is 1. The van der Waals surface area contributed by atoms with E-state index in [1.54, 1.807) is 6.26 Å². The molecule has 3 nitrogen and oxygen atoms in total. The van der Waals surface area contributed by atoms with E-state index in [-0.39, 0.29) is 0 Å². The Hall–Kier alpha value is -0.780. The second-order valence-electron chi connectivity index (χ2n) is 4.29. The molecule has 2 rings (SSSR count). The van der Waals surface area contributed by atoms with Gasteiger partial charge in [0, 0.05) is 15.9 Å². The van der Waals surface area contributed by atoms with Gasteiger partial charge in [-0.2, -0.15) is 0 Å². The Labute approximate surface area is 126 Å². The van der Waals surface area contributed by atoms with Crippen LogP contribution in [-0.2, 0) is 6.54 Å². The van der Waals surface area contributed by atoms with Gasteiger partial charge in [0.1, 0.15) is 6.26 Å². The molecule has 0 aliphatic heterocycles. The number of nitrogens with zero attached hydrogens (tertiary/aromatic N) is 1. The summed E-state index contributed by atoms with van der Waals surface area (Å²) in [7, 11) is 0. The largest absolute Gasteiger partial charge is 0.439 e. The van der Waals surface area contributed by atoms with Crippen LogP contribution in [0.4, 0.5) is 0 Å². The van der Waals surface area contributed by atoms with E-state index < -0.39 is 0 Å². The number of oxazole rings is 1. The van der Waals surface area contributed by atoms with E-state index in [4.69, 9.17) is 4.42 Å². The number of benzene rings is 1. The summed E-state index contributed by atoms with van der Waals surface area (Å²) < 4.78 is 6.46. The maximum absolute atomic E-state index is 5.34. The Balaban J connectivity index is 2.01. The van der Waals surface area contributed by atoms with E-state index in [9.17, 15) is 0 Å². The van der Waals surface area contributed by atoms with Crippen LogP contribution in [0.15, 0.2) is 43.5 Å². The summed E-state index contributed by atoms with van der Waals surface area (Å²) in [6.07, 6.45) is 2.81. The van der Waals surface area contributed by atoms with Crippen molar-refractivity contribution in [3.8, 4) is 0 Å². The van der Waals surface area contributed by atoms with Crippen molar-refractivity contribution in [1.82, 2.24) is 10.3 Å². The van der Waals surface area contributed by atoms with Crippen LogP contribution in [0.1, 0.15) is 24.6 Å². The maximum atomic E-state index is 5.34. The van der Waals surface area contributed by atoms with Gasteiger partial charge in [-0.25, -0.2) is 4.98 Å². The number of hydrogen-bond donors (Lipinski definition) is 1. The molecule has 2 aromatic rings. The van der Waals surface area contributed by atoms with E-state index in [0.29, 0.717) is 5.22 Å². The first-order valence-corrected chi connectivity index (χ1v) is 7.89. The molecule has 5 heteroatoms. The van der Waals surface area contributed by atoms with Gasteiger partial charge in [-0.1, -0.05) is 28.9 Å². The van der Waals surface area contributed by atoms with Crippen LogP contribution in [0, 0.1) is 6.92 Å². The lowest BCUT2D eigenvalue weighted by atomic mass is 10.2. The molecule has 0 bridgehead atoms. The van der Waals surface area contributed by atoms with E-state index in [1.165, 1.54) is 17.3 Å². The summed E-state index contributed by atoms with van der Waals surface area (Å²) in [5.41, 5.74) is 2.17. The second-order valence-corrected chi connectivity index (χ2v) is 6.17. The minimum atomic E-state index is 0.682. The van der Waals surface area contributed by atoms with Crippen LogP contribution < -0.4 is 5.32 Å². The van der Waals surface area contributed by atoms with Crippen LogP contribution in [-0.4, -0.2) is 11.5 Å². The predicted octanol–water partition coefficient (Wildman–Crippen LogP) is 4.40. The number of nitrogens with one attached hydrogen (secondary N) is 1. The van der Waals surface area contributed by atoms with Crippen LogP contribution in [0.25, 0.3) is 0 Å². The van der Waals surface area contributed by atoms with Crippen LogP contribution in [0.2, 0.25) is 0 Å². The molecule has 19 heavy (non-hydrogen) atoms. The molecule has 0 aliphatic rings. The van der Waals surface area contributed by atoms with Crippen molar-refractivity contribution >= 4 is 27.7 Å². The molecule has 0 spiro atoms. The van der Waals surface area contributed by atoms with Gasteiger partial charge in [0.25, 0.3) is 5.22 Å². The summed E-state index contributed by atoms with van der Waals surface area (Å²) >= 11 is 5.14. The molecule has 0 amide bonds. The lowest BCUT2D eigenvalue weighted by Crippen LogP contribution is -2.14. The number of aryl methyl sites for hydroxylation is 1. The molecule has 0 saturated carbocycles. The monoisotopic (exact) mass is 340 g/mol. The highest BCUT2D eigenvalue weighted by Crippen LogP contribution is 2.30. The van der Waals surface area contributed by atoms with Crippen molar-refractivity contribution in [1.29, 1.82) is 0 Å². The Kier molecular flexibility index (Phi) is 5.48. The second kappa shape index (κ2) is 7.12. The van der Waals surface area contributed by atoms with Gasteiger partial charge in [-0.15, -0.1) is 0 Å². The van der Waals surface area contributed by atoms with E-state index in [1.807, 2.05) is 6.92 Å². The SMILES string of the molecule is CCCNCc1ccc(Sc2nc(C)co2)cc1Br. The van der Waals surface area contributed by atoms with Crippen molar-refractivity contribution in [3.05, 3.63) is 40.2 Å². The van der Waals surface area contributed by atoms with Gasteiger partial charge in [0.2, 0.25) is 0 Å². The van der Waals surface area contributed by atoms with Crippen molar-refractivity contribution < 1.29 is 4.42 Å². The average molecular weight is 341 g/mol. The molecule has 0 radical (unpaired) electrons. The molecular formula is C14H17BrN2OS. The fourth-order valence-electron chi connectivity index (χ4n) is 1.61. The molecule has 0 aliphatic carbocycles. The van der Waals surface area contributed by atoms with Crippen LogP contribution >= 0.6 is 27.7 Å². The molecule has 0 fully saturated rings. The molecular weight excluding hydrogens is 324 g/mol. The smallest absolute Gasteiger partial charge is 0.260 e. The Morgan fingerprint density at radius 1 is 1.42 bits per heavy atom. The fourth-order valence-corrected chi connectivity index (χ4v) is 3.09. The van der Waals surface area contributed by atoms with Gasteiger partial charge >= 0.3 is 0 Å². The summed E-state index contributed by atoms with van der Waals surface area (Å²) in [5.74, 6) is 0. The summed E-state index contributed by atoms with van der Waals surface area (Å²) in [4.78, 5) is 5.41. The zero-order chi connectivity index (χ0) is 13.7. The van der Waals surface area contributed by atoms with Crippen molar-refractivity contribution in [2.24, 2.45) is 0 Å². The third kappa shape index (κ3) is 4.37. The highest BCUT2D eigenvalue weighted by atomic mass is 79.9. The third-order valence-electron chi connectivity index (χ3n) is 2.57. The molecule has 102 valence electrons. The van der Waals surface area contributed by atoms with Crippen molar-refractivity contribution in [2.75, 3.05) is 6.54 Å². The first-order valence-electron chi connectivity index (χ1n) is 6.28. The number of hydrogen-bond acceptors (Lipinski definition) is 4. The molecule has 1 aromatic carbocycles. The van der Waals surface area contributed by atoms with Gasteiger partial charge in [0.05, 0.1) is 5.69 Å². The van der Waals surface area contributed by atoms with Gasteiger partial charge in [-0.3, -0.25) is 0 Å². The van der Waals surface area contributed by atoms with E-state index >= 15 is 0 Å². The Morgan fingerprint density at radius 3 is 2.89 bits per heavy atom. The average Bonchev–Trinajstić information content (AvgIpc) is 2.78. The lowest BCUT2D eigenvalue weighted by molar-refractivity contribution is 0.454. The Morgan fingerprint density at radius 2 is 2.26 bits per heavy atom. The van der Waals surface area contributed by atoms with Gasteiger partial charge in [-0.05, 0) is 49.3 Å². The highest BCUT2D eigenvalue weighted by molar-refractivity contribution is 9.10. The summed E-state index contributed by atoms with van der Waals surface area (Å²) in [6.45, 7) is 6.02. The summed E-state index contributed by atoms with van der Waals surface area (Å²) in [5, 5.41) is 4.08. The standard InChI is InChI=1S/C14H17BrN2OS/c1-3-6-16-8-11-4-5-12(7-13(11)15)19-14-17-10(2)9-18-14/h4-5,7,9,16H,3,6,8H2,1-2H3. The maximum Gasteiger partial charge on any atom is 0.260 e. The summed E-state index contributed by atoms with van der Waals surface area (Å²) in [6, 6.07) is 6.33. The van der Waals surface area contributed by atoms with Gasteiger partial charge < -0.3 is 9.73 Å². The minimum Gasteiger partial charge on any atom is -0.439 e. The molecule has 1 heterocycles.